The fourth-order valence-corrected chi connectivity index (χ4v) is 3.98. The van der Waals surface area contributed by atoms with Gasteiger partial charge in [-0.25, -0.2) is 19.4 Å². The van der Waals surface area contributed by atoms with E-state index in [2.05, 4.69) is 9.88 Å². The largest absolute Gasteiger partial charge is 0.481 e. The van der Waals surface area contributed by atoms with E-state index in [4.69, 9.17) is 19.3 Å². The van der Waals surface area contributed by atoms with Gasteiger partial charge in [0.1, 0.15) is 17.5 Å². The van der Waals surface area contributed by atoms with Gasteiger partial charge >= 0.3 is 0 Å². The average molecular weight is 432 g/mol. The van der Waals surface area contributed by atoms with Crippen molar-refractivity contribution in [3.05, 3.63) is 47.8 Å². The zero-order chi connectivity index (χ0) is 22.0. The number of hydrogen-bond donors (Lipinski definition) is 0. The summed E-state index contributed by atoms with van der Waals surface area (Å²) in [6.07, 6.45) is 8.99. The maximum Gasteiger partial charge on any atom is 0.218 e. The van der Waals surface area contributed by atoms with Crippen molar-refractivity contribution >= 4 is 5.84 Å². The third-order valence-electron chi connectivity index (χ3n) is 5.30. The van der Waals surface area contributed by atoms with E-state index in [1.165, 1.54) is 12.3 Å². The molecule has 0 amide bonds. The maximum atomic E-state index is 13.9. The summed E-state index contributed by atoms with van der Waals surface area (Å²) < 4.78 is 25.0. The number of aromatic nitrogens is 1. The third kappa shape index (κ3) is 4.89. The Balaban J connectivity index is 1.42. The van der Waals surface area contributed by atoms with E-state index in [9.17, 15) is 4.39 Å². The van der Waals surface area contributed by atoms with E-state index in [0.29, 0.717) is 25.6 Å². The lowest BCUT2D eigenvalue weighted by molar-refractivity contribution is -0.248. The molecule has 0 aliphatic carbocycles. The average Bonchev–Trinajstić information content (AvgIpc) is 3.37. The van der Waals surface area contributed by atoms with Crippen LogP contribution in [0.15, 0.2) is 41.4 Å². The number of amidine groups is 1. The summed E-state index contributed by atoms with van der Waals surface area (Å²) in [6, 6.07) is 1.48. The van der Waals surface area contributed by atoms with Crippen molar-refractivity contribution < 1.29 is 18.7 Å². The van der Waals surface area contributed by atoms with E-state index in [1.54, 1.807) is 12.3 Å². The van der Waals surface area contributed by atoms with Crippen molar-refractivity contribution in [3.63, 3.8) is 0 Å². The molecule has 1 aromatic rings. The van der Waals surface area contributed by atoms with Gasteiger partial charge in [0.25, 0.3) is 0 Å². The van der Waals surface area contributed by atoms with Crippen LogP contribution in [0.25, 0.3) is 0 Å². The summed E-state index contributed by atoms with van der Waals surface area (Å²) in [6.45, 7) is 8.48. The minimum absolute atomic E-state index is 0.0306. The van der Waals surface area contributed by atoms with E-state index in [-0.39, 0.29) is 17.5 Å². The lowest BCUT2D eigenvalue weighted by Crippen LogP contribution is -2.38. The fourth-order valence-electron chi connectivity index (χ4n) is 3.98. The normalized spacial score (nSPS) is 21.4. The number of fused-ring (bicyclic) bond motifs is 1. The summed E-state index contributed by atoms with van der Waals surface area (Å²) in [5, 5.41) is 3.65. The van der Waals surface area contributed by atoms with Gasteiger partial charge in [0.15, 0.2) is 0 Å². The van der Waals surface area contributed by atoms with Gasteiger partial charge in [-0.05, 0) is 51.8 Å². The molecule has 0 N–H and O–H groups in total. The highest BCUT2D eigenvalue weighted by Gasteiger charge is 2.33. The number of likely N-dealkylation sites (tertiary alicyclic amines) is 1. The highest BCUT2D eigenvalue weighted by Crippen LogP contribution is 2.38. The second-order valence-electron chi connectivity index (χ2n) is 8.62. The van der Waals surface area contributed by atoms with Crippen molar-refractivity contribution in [1.29, 1.82) is 0 Å². The summed E-state index contributed by atoms with van der Waals surface area (Å²) in [5.74, 6) is 1.74. The number of hydroxylamine groups is 1. The second-order valence-corrected chi connectivity index (χ2v) is 8.62. The highest BCUT2D eigenvalue weighted by molar-refractivity contribution is 5.95. The molecule has 0 bridgehead atoms. The molecule has 1 aromatic heterocycles. The van der Waals surface area contributed by atoms with E-state index in [1.807, 2.05) is 44.1 Å². The number of rotatable bonds is 6. The van der Waals surface area contributed by atoms with Gasteiger partial charge < -0.3 is 14.4 Å². The molecule has 0 aromatic carbocycles. The molecule has 168 valence electrons. The molecule has 8 nitrogen and oxygen atoms in total. The second kappa shape index (κ2) is 8.94. The van der Waals surface area contributed by atoms with Crippen molar-refractivity contribution in [2.75, 3.05) is 33.4 Å². The topological polar surface area (TPSA) is 62.7 Å². The van der Waals surface area contributed by atoms with Crippen LogP contribution in [0.4, 0.5) is 4.39 Å². The minimum Gasteiger partial charge on any atom is -0.481 e. The predicted molar refractivity (Wildman–Crippen MR) is 114 cm³/mol. The first-order chi connectivity index (χ1) is 14.9. The molecule has 31 heavy (non-hydrogen) atoms. The summed E-state index contributed by atoms with van der Waals surface area (Å²) in [4.78, 5) is 17.0. The van der Waals surface area contributed by atoms with Crippen LogP contribution in [0.1, 0.15) is 45.2 Å². The van der Waals surface area contributed by atoms with E-state index >= 15 is 0 Å². The van der Waals surface area contributed by atoms with Gasteiger partial charge in [-0.1, -0.05) is 5.17 Å². The van der Waals surface area contributed by atoms with Crippen LogP contribution in [0.2, 0.25) is 0 Å². The standard InChI is InChI=1S/C22H30FN5O3/c1-22(2,3)30-12-13-31-28-11-8-20-25-19(7-10-27(20)28)26-9-5-6-18(26)17-14-16(23)15-24-21(17)29-4/h7-8,10,14-15,18H,5-6,9,11-13H2,1-4H3/t18-/m1/s1. The SMILES string of the molecule is COc1ncc(F)cc1[C@H]1CCCN1C1=NC2=CCN(OCCOC(C)(C)C)N2C=C1. The Labute approximate surface area is 182 Å². The molecule has 3 aliphatic rings. The van der Waals surface area contributed by atoms with Gasteiger partial charge in [-0.15, -0.1) is 0 Å². The first-order valence-electron chi connectivity index (χ1n) is 10.6. The Bertz CT molecular complexity index is 896. The lowest BCUT2D eigenvalue weighted by atomic mass is 10.1. The number of nitrogens with zero attached hydrogens (tertiary/aromatic N) is 5. The summed E-state index contributed by atoms with van der Waals surface area (Å²) in [7, 11) is 1.56. The minimum atomic E-state index is -0.364. The molecule has 4 heterocycles. The monoisotopic (exact) mass is 431 g/mol. The zero-order valence-electron chi connectivity index (χ0n) is 18.5. The Morgan fingerprint density at radius 2 is 2.10 bits per heavy atom. The molecule has 0 saturated carbocycles. The number of hydrogen-bond acceptors (Lipinski definition) is 8. The number of hydrazine groups is 1. The lowest BCUT2D eigenvalue weighted by Gasteiger charge is -2.33. The molecule has 9 heteroatoms. The molecule has 0 radical (unpaired) electrons. The van der Waals surface area contributed by atoms with E-state index in [0.717, 1.165) is 36.6 Å². The zero-order valence-corrected chi connectivity index (χ0v) is 18.5. The molecule has 0 unspecified atom stereocenters. The molecule has 4 rings (SSSR count). The Kier molecular flexibility index (Phi) is 6.27. The summed E-state index contributed by atoms with van der Waals surface area (Å²) in [5.41, 5.74) is 0.566. The van der Waals surface area contributed by atoms with Crippen LogP contribution in [0.3, 0.4) is 0 Å². The predicted octanol–water partition coefficient (Wildman–Crippen LogP) is 3.41. The number of halogens is 1. The first kappa shape index (κ1) is 21.7. The summed E-state index contributed by atoms with van der Waals surface area (Å²) >= 11 is 0. The molecule has 1 saturated heterocycles. The quantitative estimate of drug-likeness (QED) is 0.640. The molecular formula is C22H30FN5O3. The molecule has 1 atom stereocenters. The third-order valence-corrected chi connectivity index (χ3v) is 5.30. The highest BCUT2D eigenvalue weighted by atomic mass is 19.1. The molecule has 0 spiro atoms. The Morgan fingerprint density at radius 1 is 1.26 bits per heavy atom. The van der Waals surface area contributed by atoms with Gasteiger partial charge in [0.2, 0.25) is 5.88 Å². The van der Waals surface area contributed by atoms with Crippen LogP contribution >= 0.6 is 0 Å². The Hall–Kier alpha value is -2.49. The first-order valence-corrected chi connectivity index (χ1v) is 10.6. The van der Waals surface area contributed by atoms with E-state index < -0.39 is 0 Å². The van der Waals surface area contributed by atoms with Gasteiger partial charge in [0, 0.05) is 18.3 Å². The van der Waals surface area contributed by atoms with Gasteiger partial charge in [-0.3, -0.25) is 4.84 Å². The number of ether oxygens (including phenoxy) is 2. The van der Waals surface area contributed by atoms with Crippen LogP contribution in [0.5, 0.6) is 5.88 Å². The van der Waals surface area contributed by atoms with Crippen molar-refractivity contribution in [3.8, 4) is 5.88 Å². The van der Waals surface area contributed by atoms with Crippen molar-refractivity contribution in [2.24, 2.45) is 4.99 Å². The van der Waals surface area contributed by atoms with Crippen LogP contribution < -0.4 is 4.74 Å². The van der Waals surface area contributed by atoms with Gasteiger partial charge in [-0.2, -0.15) is 0 Å². The van der Waals surface area contributed by atoms with Crippen LogP contribution in [-0.4, -0.2) is 64.9 Å². The van der Waals surface area contributed by atoms with Crippen LogP contribution in [-0.2, 0) is 9.57 Å². The fraction of sp³-hybridized carbons (Fsp3) is 0.545. The number of pyridine rings is 1. The maximum absolute atomic E-state index is 13.9. The van der Waals surface area contributed by atoms with Gasteiger partial charge in [0.05, 0.1) is 44.7 Å². The number of methoxy groups -OCH3 is 1. The number of aliphatic imine (C=N–C) groups is 1. The Morgan fingerprint density at radius 3 is 2.87 bits per heavy atom. The molecule has 1 fully saturated rings. The smallest absolute Gasteiger partial charge is 0.218 e. The van der Waals surface area contributed by atoms with Crippen LogP contribution in [0, 0.1) is 5.82 Å². The molecule has 3 aliphatic heterocycles. The van der Waals surface area contributed by atoms with Crippen molar-refractivity contribution in [1.82, 2.24) is 20.1 Å². The van der Waals surface area contributed by atoms with Crippen molar-refractivity contribution in [2.45, 2.75) is 45.3 Å². The molecular weight excluding hydrogens is 401 g/mol.